The first-order valence-electron chi connectivity index (χ1n) is 16.9. The van der Waals surface area contributed by atoms with Gasteiger partial charge in [0.25, 0.3) is 0 Å². The Bertz CT molecular complexity index is 2560. The van der Waals surface area contributed by atoms with Crippen LogP contribution in [0.3, 0.4) is 0 Å². The molecule has 0 radical (unpaired) electrons. The molecule has 2 aromatic carbocycles. The molecular formula is C36H29F2N15O2. The molecule has 0 amide bonds. The van der Waals surface area contributed by atoms with Crippen molar-refractivity contribution in [3.63, 3.8) is 0 Å². The molecule has 4 aromatic heterocycles. The van der Waals surface area contributed by atoms with Crippen molar-refractivity contribution in [2.24, 2.45) is 25.8 Å². The fourth-order valence-electron chi connectivity index (χ4n) is 6.09. The molecule has 6 N–H and O–H groups in total. The number of nitrogens with zero attached hydrogens (tertiary/aromatic N) is 10. The van der Waals surface area contributed by atoms with Crippen molar-refractivity contribution in [3.8, 4) is 22.8 Å². The van der Waals surface area contributed by atoms with E-state index in [2.05, 4.69) is 62.2 Å². The van der Waals surface area contributed by atoms with E-state index in [0.717, 1.165) is 11.1 Å². The molecular weight excluding hydrogens is 712 g/mol. The lowest BCUT2D eigenvalue weighted by atomic mass is 10.2. The first-order chi connectivity index (χ1) is 27.0. The van der Waals surface area contributed by atoms with Gasteiger partial charge in [0.05, 0.1) is 30.1 Å². The fourth-order valence-corrected chi connectivity index (χ4v) is 6.09. The molecule has 0 spiro atoms. The maximum atomic E-state index is 14.1. The second kappa shape index (κ2) is 14.1. The summed E-state index contributed by atoms with van der Waals surface area (Å²) in [4.78, 5) is 13.5. The fraction of sp³-hybridized carbons (Fsp3) is 0.111. The Kier molecular flexibility index (Phi) is 8.55. The number of rotatable bonds is 8. The minimum absolute atomic E-state index is 0.204. The van der Waals surface area contributed by atoms with Crippen LogP contribution in [-0.4, -0.2) is 65.9 Å². The number of hydrogen-bond acceptors (Lipinski definition) is 15. The first kappa shape index (κ1) is 33.3. The number of hydrazone groups is 1. The zero-order chi connectivity index (χ0) is 37.3. The second-order valence-electron chi connectivity index (χ2n) is 12.4. The van der Waals surface area contributed by atoms with Crippen LogP contribution < -0.4 is 27.3 Å². The van der Waals surface area contributed by atoms with Crippen LogP contribution in [0.15, 0.2) is 138 Å². The van der Waals surface area contributed by atoms with Crippen LogP contribution in [-0.2, 0) is 13.1 Å². The van der Waals surface area contributed by atoms with E-state index in [1.165, 1.54) is 24.7 Å². The monoisotopic (exact) mass is 741 g/mol. The maximum absolute atomic E-state index is 14.1. The molecule has 2 atom stereocenters. The third-order valence-corrected chi connectivity index (χ3v) is 8.87. The van der Waals surface area contributed by atoms with Crippen molar-refractivity contribution in [1.82, 2.24) is 51.5 Å². The van der Waals surface area contributed by atoms with Gasteiger partial charge in [-0.2, -0.15) is 15.3 Å². The molecule has 0 aliphatic carbocycles. The normalized spacial score (nSPS) is 18.0. The highest BCUT2D eigenvalue weighted by molar-refractivity contribution is 6.07. The molecule has 17 nitrogen and oxygen atoms in total. The summed E-state index contributed by atoms with van der Waals surface area (Å²) in [5.41, 5.74) is 21.1. The molecule has 0 saturated heterocycles. The third kappa shape index (κ3) is 6.66. The largest absolute Gasteiger partial charge is 0.382 e. The van der Waals surface area contributed by atoms with Crippen molar-refractivity contribution in [2.45, 2.75) is 25.4 Å². The van der Waals surface area contributed by atoms with Gasteiger partial charge in [-0.15, -0.1) is 0 Å². The van der Waals surface area contributed by atoms with Gasteiger partial charge in [0, 0.05) is 47.4 Å². The molecule has 10 rings (SSSR count). The minimum atomic E-state index is -0.358. The van der Waals surface area contributed by atoms with Gasteiger partial charge < -0.3 is 25.5 Å². The molecule has 6 aromatic rings. The third-order valence-electron chi connectivity index (χ3n) is 8.87. The number of fused-ring (bicyclic) bond motifs is 2. The van der Waals surface area contributed by atoms with Gasteiger partial charge in [0.2, 0.25) is 0 Å². The number of halogens is 2. The number of hydrogen-bond donors (Lipinski definition) is 5. The molecule has 274 valence electrons. The highest BCUT2D eigenvalue weighted by atomic mass is 19.1. The second-order valence-corrected chi connectivity index (χ2v) is 12.4. The summed E-state index contributed by atoms with van der Waals surface area (Å²) in [6, 6.07) is 20.3. The smallest absolute Gasteiger partial charge is 0.177 e. The van der Waals surface area contributed by atoms with Crippen molar-refractivity contribution in [1.29, 1.82) is 0 Å². The van der Waals surface area contributed by atoms with Crippen LogP contribution in [0, 0.1) is 11.6 Å². The van der Waals surface area contributed by atoms with E-state index in [9.17, 15) is 8.78 Å². The number of nitrogens with one attached hydrogen (secondary N) is 4. The highest BCUT2D eigenvalue weighted by Gasteiger charge is 2.28. The average molecular weight is 742 g/mol. The summed E-state index contributed by atoms with van der Waals surface area (Å²) in [5.74, 6) is 0.848. The van der Waals surface area contributed by atoms with Crippen molar-refractivity contribution < 1.29 is 17.8 Å². The predicted molar refractivity (Wildman–Crippen MR) is 196 cm³/mol. The summed E-state index contributed by atoms with van der Waals surface area (Å²) in [6.07, 6.45) is 7.70. The van der Waals surface area contributed by atoms with Gasteiger partial charge in [0.15, 0.2) is 23.7 Å². The van der Waals surface area contributed by atoms with E-state index in [-0.39, 0.29) is 37.1 Å². The van der Waals surface area contributed by atoms with E-state index in [1.807, 2.05) is 18.3 Å². The number of aromatic nitrogens is 6. The quantitative estimate of drug-likeness (QED) is 0.153. The van der Waals surface area contributed by atoms with Gasteiger partial charge in [-0.1, -0.05) is 46.7 Å². The molecule has 0 fully saturated rings. The van der Waals surface area contributed by atoms with Crippen LogP contribution in [0.25, 0.3) is 22.8 Å². The molecule has 55 heavy (non-hydrogen) atoms. The van der Waals surface area contributed by atoms with Gasteiger partial charge in [-0.05, 0) is 24.3 Å². The zero-order valence-corrected chi connectivity index (χ0v) is 28.5. The average Bonchev–Trinajstić information content (AvgIpc) is 4.06. The van der Waals surface area contributed by atoms with E-state index in [1.54, 1.807) is 70.3 Å². The highest BCUT2D eigenvalue weighted by Crippen LogP contribution is 2.25. The molecule has 4 aliphatic rings. The lowest BCUT2D eigenvalue weighted by molar-refractivity contribution is 0.421. The van der Waals surface area contributed by atoms with E-state index in [0.29, 0.717) is 62.8 Å². The van der Waals surface area contributed by atoms with E-state index >= 15 is 0 Å². The number of benzene rings is 2. The zero-order valence-electron chi connectivity index (χ0n) is 28.5. The summed E-state index contributed by atoms with van der Waals surface area (Å²) >= 11 is 0. The molecule has 8 heterocycles. The minimum Gasteiger partial charge on any atom is -0.382 e. The van der Waals surface area contributed by atoms with Gasteiger partial charge in [-0.3, -0.25) is 14.8 Å². The molecule has 0 bridgehead atoms. The van der Waals surface area contributed by atoms with Gasteiger partial charge in [-0.25, -0.2) is 29.2 Å². The molecule has 19 heteroatoms. The summed E-state index contributed by atoms with van der Waals surface area (Å²) in [5, 5.41) is 24.2. The van der Waals surface area contributed by atoms with Crippen LogP contribution in [0.5, 0.6) is 0 Å². The summed E-state index contributed by atoms with van der Waals surface area (Å²) < 4.78 is 41.5. The Labute approximate surface area is 309 Å². The number of nitrogens with two attached hydrogens (primary N) is 1. The molecule has 0 saturated carbocycles. The maximum Gasteiger partial charge on any atom is 0.177 e. The van der Waals surface area contributed by atoms with Crippen molar-refractivity contribution in [3.05, 3.63) is 143 Å². The van der Waals surface area contributed by atoms with E-state index in [4.69, 9.17) is 14.8 Å². The van der Waals surface area contributed by atoms with E-state index < -0.39 is 0 Å². The SMILES string of the molecule is Fc1ccccc1Cn1nc(C2=NC3NNC=C3C=N2)cc1-c1ccon1.NC1=NNC2N=C(c3cc(-c4ccon4)n(Cc4ccccc4F)n3)NC=C12. The standard InChI is InChI=1S/C18H15FN8O.C18H14FN7O/c19-12-4-2-1-3-10(12)9-27-15(13-5-6-28-26-13)7-14(25-27)18-21-8-11-16(20)23-24-17(11)22-18;19-13-4-2-1-3-11(13)10-26-16(14-5-6-27-25-14)7-15(24-26)18-20-8-12-9-21-23-17(12)22-18/h1-8,17,24H,9H2,(H2,20,23)(H,21,22);1-9,17,21,23H,10H2. The van der Waals surface area contributed by atoms with Crippen LogP contribution in [0.2, 0.25) is 0 Å². The lowest BCUT2D eigenvalue weighted by Gasteiger charge is -2.16. The summed E-state index contributed by atoms with van der Waals surface area (Å²) in [7, 11) is 0. The van der Waals surface area contributed by atoms with Crippen molar-refractivity contribution in [2.75, 3.05) is 0 Å². The molecule has 4 aliphatic heterocycles. The topological polar surface area (TPSA) is 211 Å². The Morgan fingerprint density at radius 1 is 0.727 bits per heavy atom. The Morgan fingerprint density at radius 3 is 2.00 bits per heavy atom. The predicted octanol–water partition coefficient (Wildman–Crippen LogP) is 3.04. The van der Waals surface area contributed by atoms with Crippen LogP contribution in [0.1, 0.15) is 22.5 Å². The molecule has 2 unspecified atom stereocenters. The van der Waals surface area contributed by atoms with Crippen LogP contribution in [0.4, 0.5) is 8.78 Å². The number of amidine groups is 3. The van der Waals surface area contributed by atoms with Crippen molar-refractivity contribution >= 4 is 23.7 Å². The van der Waals surface area contributed by atoms with Gasteiger partial charge in [0.1, 0.15) is 53.1 Å². The lowest BCUT2D eigenvalue weighted by Crippen LogP contribution is -2.34. The first-order valence-corrected chi connectivity index (χ1v) is 16.9. The van der Waals surface area contributed by atoms with Crippen LogP contribution >= 0.6 is 0 Å². The number of aliphatic imine (C=N–C) groups is 3. The Balaban J connectivity index is 0.000000144. The Hall–Kier alpha value is -7.54. The van der Waals surface area contributed by atoms with Gasteiger partial charge >= 0.3 is 0 Å². The Morgan fingerprint density at radius 2 is 1.36 bits per heavy atom. The summed E-state index contributed by atoms with van der Waals surface area (Å²) in [6.45, 7) is 0.487. The number of hydrazine groups is 1.